The fraction of sp³-hybridized carbons (Fsp3) is 0.533. The molecule has 1 aromatic rings. The van der Waals surface area contributed by atoms with Gasteiger partial charge in [-0.1, -0.05) is 12.1 Å². The van der Waals surface area contributed by atoms with Crippen molar-refractivity contribution in [1.82, 2.24) is 5.32 Å². The van der Waals surface area contributed by atoms with E-state index < -0.39 is 0 Å². The fourth-order valence-electron chi connectivity index (χ4n) is 2.16. The number of carbonyl (C=O) groups is 1. The Hall–Kier alpha value is -1.75. The summed E-state index contributed by atoms with van der Waals surface area (Å²) in [4.78, 5) is 11.7. The fourth-order valence-corrected chi connectivity index (χ4v) is 2.16. The molecule has 1 heterocycles. The number of para-hydroxylation sites is 2. The summed E-state index contributed by atoms with van der Waals surface area (Å²) in [6, 6.07) is 7.28. The molecule has 0 radical (unpaired) electrons. The number of rotatable bonds is 7. The van der Waals surface area contributed by atoms with Crippen LogP contribution >= 0.6 is 0 Å². The maximum absolute atomic E-state index is 11.7. The largest absolute Gasteiger partial charge is 0.493 e. The molecule has 1 aliphatic rings. The van der Waals surface area contributed by atoms with Crippen LogP contribution in [0, 0.1) is 5.92 Å². The summed E-state index contributed by atoms with van der Waals surface area (Å²) < 4.78 is 15.9. The van der Waals surface area contributed by atoms with E-state index in [1.165, 1.54) is 0 Å². The van der Waals surface area contributed by atoms with Gasteiger partial charge in [0.05, 0.1) is 7.11 Å². The first-order valence-corrected chi connectivity index (χ1v) is 6.90. The number of hydrogen-bond acceptors (Lipinski definition) is 4. The Bertz CT molecular complexity index is 430. The van der Waals surface area contributed by atoms with Crippen molar-refractivity contribution in [2.45, 2.75) is 12.8 Å². The zero-order valence-corrected chi connectivity index (χ0v) is 11.8. The second-order valence-corrected chi connectivity index (χ2v) is 4.81. The third-order valence-electron chi connectivity index (χ3n) is 3.33. The standard InChI is InChI=1S/C15H21NO4/c1-18-13-4-2-3-5-14(13)20-11-15(17)16-8-6-12-7-9-19-10-12/h2-5,12H,6-11H2,1H3,(H,16,17)/t12-/m1/s1. The lowest BCUT2D eigenvalue weighted by atomic mass is 10.1. The van der Waals surface area contributed by atoms with E-state index in [9.17, 15) is 4.79 Å². The molecule has 20 heavy (non-hydrogen) atoms. The van der Waals surface area contributed by atoms with Gasteiger partial charge < -0.3 is 19.5 Å². The molecule has 1 aliphatic heterocycles. The highest BCUT2D eigenvalue weighted by molar-refractivity contribution is 5.77. The molecular weight excluding hydrogens is 258 g/mol. The molecule has 0 saturated carbocycles. The average molecular weight is 279 g/mol. The Morgan fingerprint density at radius 3 is 2.90 bits per heavy atom. The van der Waals surface area contributed by atoms with Crippen LogP contribution in [0.4, 0.5) is 0 Å². The first-order chi connectivity index (χ1) is 9.79. The lowest BCUT2D eigenvalue weighted by molar-refractivity contribution is -0.123. The minimum atomic E-state index is -0.116. The van der Waals surface area contributed by atoms with E-state index in [1.807, 2.05) is 12.1 Å². The van der Waals surface area contributed by atoms with Gasteiger partial charge in [0, 0.05) is 19.8 Å². The number of carbonyl (C=O) groups excluding carboxylic acids is 1. The van der Waals surface area contributed by atoms with Crippen LogP contribution in [0.3, 0.4) is 0 Å². The van der Waals surface area contributed by atoms with Crippen LogP contribution < -0.4 is 14.8 Å². The molecule has 1 fully saturated rings. The van der Waals surface area contributed by atoms with Crippen molar-refractivity contribution >= 4 is 5.91 Å². The Morgan fingerprint density at radius 1 is 1.40 bits per heavy atom. The summed E-state index contributed by atoms with van der Waals surface area (Å²) in [5.74, 6) is 1.66. The smallest absolute Gasteiger partial charge is 0.257 e. The van der Waals surface area contributed by atoms with E-state index in [0.717, 1.165) is 26.1 Å². The van der Waals surface area contributed by atoms with Crippen LogP contribution in [0.1, 0.15) is 12.8 Å². The summed E-state index contributed by atoms with van der Waals surface area (Å²) in [6.45, 7) is 2.33. The molecule has 0 aliphatic carbocycles. The summed E-state index contributed by atoms with van der Waals surface area (Å²) in [5.41, 5.74) is 0. The molecule has 1 atom stereocenters. The Balaban J connectivity index is 1.66. The molecule has 2 rings (SSSR count). The van der Waals surface area contributed by atoms with Crippen molar-refractivity contribution in [3.63, 3.8) is 0 Å². The van der Waals surface area contributed by atoms with Gasteiger partial charge in [0.2, 0.25) is 0 Å². The topological polar surface area (TPSA) is 56.8 Å². The molecule has 110 valence electrons. The van der Waals surface area contributed by atoms with Crippen molar-refractivity contribution in [3.05, 3.63) is 24.3 Å². The second kappa shape index (κ2) is 7.75. The zero-order chi connectivity index (χ0) is 14.2. The number of hydrogen-bond donors (Lipinski definition) is 1. The van der Waals surface area contributed by atoms with Crippen LogP contribution in [0.5, 0.6) is 11.5 Å². The first kappa shape index (κ1) is 14.7. The van der Waals surface area contributed by atoms with Crippen LogP contribution in [0.15, 0.2) is 24.3 Å². The van der Waals surface area contributed by atoms with Crippen LogP contribution in [0.2, 0.25) is 0 Å². The molecule has 0 spiro atoms. The number of nitrogens with one attached hydrogen (secondary N) is 1. The van der Waals surface area contributed by atoms with Gasteiger partial charge in [-0.05, 0) is 30.9 Å². The number of benzene rings is 1. The molecule has 0 unspecified atom stereocenters. The van der Waals surface area contributed by atoms with Gasteiger partial charge in [0.25, 0.3) is 5.91 Å². The minimum absolute atomic E-state index is 0.00153. The van der Waals surface area contributed by atoms with E-state index in [4.69, 9.17) is 14.2 Å². The Kier molecular flexibility index (Phi) is 5.68. The first-order valence-electron chi connectivity index (χ1n) is 6.90. The minimum Gasteiger partial charge on any atom is -0.493 e. The summed E-state index contributed by atoms with van der Waals surface area (Å²) in [5, 5.41) is 2.86. The highest BCUT2D eigenvalue weighted by Gasteiger charge is 2.15. The van der Waals surface area contributed by atoms with Crippen LogP contribution in [-0.4, -0.2) is 39.4 Å². The SMILES string of the molecule is COc1ccccc1OCC(=O)NCC[C@@H]1CCOC1. The van der Waals surface area contributed by atoms with Gasteiger partial charge in [0.15, 0.2) is 18.1 Å². The number of ether oxygens (including phenoxy) is 3. The van der Waals surface area contributed by atoms with Crippen molar-refractivity contribution in [2.24, 2.45) is 5.92 Å². The van der Waals surface area contributed by atoms with E-state index in [-0.39, 0.29) is 12.5 Å². The van der Waals surface area contributed by atoms with E-state index >= 15 is 0 Å². The number of methoxy groups -OCH3 is 1. The monoisotopic (exact) mass is 279 g/mol. The van der Waals surface area contributed by atoms with Gasteiger partial charge in [-0.15, -0.1) is 0 Å². The molecule has 0 bridgehead atoms. The van der Waals surface area contributed by atoms with E-state index in [1.54, 1.807) is 19.2 Å². The van der Waals surface area contributed by atoms with Gasteiger partial charge in [-0.3, -0.25) is 4.79 Å². The lowest BCUT2D eigenvalue weighted by Gasteiger charge is -2.11. The normalized spacial score (nSPS) is 17.8. The molecule has 1 saturated heterocycles. The Labute approximate surface area is 119 Å². The third-order valence-corrected chi connectivity index (χ3v) is 3.33. The highest BCUT2D eigenvalue weighted by Crippen LogP contribution is 2.25. The number of amides is 1. The summed E-state index contributed by atoms with van der Waals surface area (Å²) in [7, 11) is 1.58. The van der Waals surface area contributed by atoms with Crippen molar-refractivity contribution in [1.29, 1.82) is 0 Å². The van der Waals surface area contributed by atoms with Crippen LogP contribution in [0.25, 0.3) is 0 Å². The maximum Gasteiger partial charge on any atom is 0.257 e. The molecule has 1 N–H and O–H groups in total. The molecule has 5 nitrogen and oxygen atoms in total. The predicted molar refractivity (Wildman–Crippen MR) is 75.0 cm³/mol. The molecule has 0 aromatic heterocycles. The van der Waals surface area contributed by atoms with Crippen molar-refractivity contribution in [2.75, 3.05) is 33.5 Å². The van der Waals surface area contributed by atoms with Gasteiger partial charge >= 0.3 is 0 Å². The third kappa shape index (κ3) is 4.42. The maximum atomic E-state index is 11.7. The zero-order valence-electron chi connectivity index (χ0n) is 11.8. The van der Waals surface area contributed by atoms with Gasteiger partial charge in [-0.25, -0.2) is 0 Å². The quantitative estimate of drug-likeness (QED) is 0.824. The van der Waals surface area contributed by atoms with Gasteiger partial charge in [-0.2, -0.15) is 0 Å². The second-order valence-electron chi connectivity index (χ2n) is 4.81. The van der Waals surface area contributed by atoms with E-state index in [0.29, 0.717) is 24.0 Å². The van der Waals surface area contributed by atoms with E-state index in [2.05, 4.69) is 5.32 Å². The average Bonchev–Trinajstić information content (AvgIpc) is 2.98. The highest BCUT2D eigenvalue weighted by atomic mass is 16.5. The molecular formula is C15H21NO4. The van der Waals surface area contributed by atoms with Crippen molar-refractivity contribution < 1.29 is 19.0 Å². The summed E-state index contributed by atoms with van der Waals surface area (Å²) >= 11 is 0. The lowest BCUT2D eigenvalue weighted by Crippen LogP contribution is -2.30. The Morgan fingerprint density at radius 2 is 2.20 bits per heavy atom. The van der Waals surface area contributed by atoms with Crippen LogP contribution in [-0.2, 0) is 9.53 Å². The van der Waals surface area contributed by atoms with Crippen molar-refractivity contribution in [3.8, 4) is 11.5 Å². The molecule has 1 aromatic carbocycles. The predicted octanol–water partition coefficient (Wildman–Crippen LogP) is 1.62. The molecule has 5 heteroatoms. The summed E-state index contributed by atoms with van der Waals surface area (Å²) in [6.07, 6.45) is 2.05. The van der Waals surface area contributed by atoms with Gasteiger partial charge in [0.1, 0.15) is 0 Å². The molecule has 1 amide bonds.